The summed E-state index contributed by atoms with van der Waals surface area (Å²) in [5.74, 6) is 0. The van der Waals surface area contributed by atoms with E-state index < -0.39 is 0 Å². The molecule has 47 heavy (non-hydrogen) atoms. The molecule has 0 amide bonds. The van der Waals surface area contributed by atoms with Crippen molar-refractivity contribution < 1.29 is 0 Å². The number of hydrogen-bond acceptors (Lipinski definition) is 0. The van der Waals surface area contributed by atoms with Gasteiger partial charge < -0.3 is 0 Å². The van der Waals surface area contributed by atoms with Crippen LogP contribution in [0, 0.1) is 6.92 Å². The first-order chi connectivity index (χ1) is 23.2. The summed E-state index contributed by atoms with van der Waals surface area (Å²) in [6.07, 6.45) is 0. The molecule has 0 bridgehead atoms. The minimum absolute atomic E-state index is 1.23. The third-order valence-corrected chi connectivity index (χ3v) is 9.87. The van der Waals surface area contributed by atoms with Gasteiger partial charge in [0.15, 0.2) is 0 Å². The van der Waals surface area contributed by atoms with E-state index >= 15 is 0 Å². The molecule has 0 saturated carbocycles. The van der Waals surface area contributed by atoms with Crippen LogP contribution in [0.15, 0.2) is 176 Å². The second kappa shape index (κ2) is 11.1. The van der Waals surface area contributed by atoms with Crippen molar-refractivity contribution in [1.29, 1.82) is 0 Å². The molecule has 0 atom stereocenters. The molecule has 0 spiro atoms. The first kappa shape index (κ1) is 27.3. The zero-order chi connectivity index (χ0) is 31.3. The van der Waals surface area contributed by atoms with Crippen LogP contribution in [0.2, 0.25) is 0 Å². The maximum Gasteiger partial charge on any atom is -0.00987 e. The van der Waals surface area contributed by atoms with Crippen LogP contribution in [0.4, 0.5) is 0 Å². The van der Waals surface area contributed by atoms with Gasteiger partial charge in [-0.1, -0.05) is 176 Å². The predicted molar refractivity (Wildman–Crippen MR) is 203 cm³/mol. The van der Waals surface area contributed by atoms with Gasteiger partial charge in [0.25, 0.3) is 0 Å². The van der Waals surface area contributed by atoms with Gasteiger partial charge in [0.2, 0.25) is 0 Å². The molecule has 0 saturated heterocycles. The highest BCUT2D eigenvalue weighted by Crippen LogP contribution is 2.42. The van der Waals surface area contributed by atoms with E-state index in [0.717, 1.165) is 0 Å². The van der Waals surface area contributed by atoms with Crippen LogP contribution in [0.3, 0.4) is 0 Å². The molecule has 0 unspecified atom stereocenters. The van der Waals surface area contributed by atoms with Crippen LogP contribution >= 0.6 is 0 Å². The molecule has 0 radical (unpaired) electrons. The largest absolute Gasteiger partial charge is 0.0616 e. The van der Waals surface area contributed by atoms with Crippen LogP contribution in [0.1, 0.15) is 5.56 Å². The number of hydrogen-bond donors (Lipinski definition) is 0. The van der Waals surface area contributed by atoms with Gasteiger partial charge in [-0.3, -0.25) is 0 Å². The van der Waals surface area contributed by atoms with Crippen molar-refractivity contribution in [2.75, 3.05) is 0 Å². The van der Waals surface area contributed by atoms with Crippen molar-refractivity contribution in [3.63, 3.8) is 0 Å². The minimum atomic E-state index is 1.23. The normalized spacial score (nSPS) is 11.5. The Bertz CT molecular complexity index is 2620. The lowest BCUT2D eigenvalue weighted by Gasteiger charge is -2.17. The van der Waals surface area contributed by atoms with Gasteiger partial charge in [-0.05, 0) is 100 Å². The number of benzene rings is 9. The number of rotatable bonds is 4. The van der Waals surface area contributed by atoms with E-state index in [1.54, 1.807) is 0 Å². The molecule has 0 aliphatic heterocycles. The molecule has 220 valence electrons. The van der Waals surface area contributed by atoms with Crippen LogP contribution in [0.5, 0.6) is 0 Å². The molecule has 9 rings (SSSR count). The predicted octanol–water partition coefficient (Wildman–Crippen LogP) is 13.3. The molecule has 0 aromatic heterocycles. The van der Waals surface area contributed by atoms with Crippen molar-refractivity contribution in [2.45, 2.75) is 6.92 Å². The van der Waals surface area contributed by atoms with Gasteiger partial charge in [0.05, 0.1) is 0 Å². The summed E-state index contributed by atoms with van der Waals surface area (Å²) in [6.45, 7) is 2.20. The Balaban J connectivity index is 1.17. The highest BCUT2D eigenvalue weighted by molar-refractivity contribution is 6.14. The lowest BCUT2D eigenvalue weighted by atomic mass is 9.86. The van der Waals surface area contributed by atoms with Crippen LogP contribution in [0.25, 0.3) is 87.6 Å². The SMILES string of the molecule is Cc1ccc(-c2ccc(-c3ccc(-c4ccc(-c5cccc6ccccc56)cc4)c4ccccc34)c3ccccc23)c2ccccc12. The quantitative estimate of drug-likeness (QED) is 0.190. The van der Waals surface area contributed by atoms with Crippen molar-refractivity contribution in [1.82, 2.24) is 0 Å². The van der Waals surface area contributed by atoms with E-state index in [1.165, 1.54) is 93.2 Å². The van der Waals surface area contributed by atoms with Crippen LogP contribution in [-0.2, 0) is 0 Å². The molecular weight excluding hydrogens is 565 g/mol. The smallest absolute Gasteiger partial charge is 0.00987 e. The Labute approximate surface area is 275 Å². The fraction of sp³-hybridized carbons (Fsp3) is 0.0213. The summed E-state index contributed by atoms with van der Waals surface area (Å²) < 4.78 is 0. The molecule has 0 heteroatoms. The zero-order valence-corrected chi connectivity index (χ0v) is 26.2. The lowest BCUT2D eigenvalue weighted by Crippen LogP contribution is -1.90. The molecule has 9 aromatic rings. The lowest BCUT2D eigenvalue weighted by molar-refractivity contribution is 1.53. The standard InChI is InChI=1S/C47H32/c1-31-21-26-44(39-15-5-4-13-35(31)39)46-29-30-47(43-19-9-8-18-42(43)46)45-28-27-38(40-16-6-7-17-41(40)45)34-24-22-33(23-25-34)37-20-10-12-32-11-2-3-14-36(32)37/h2-30H,1H3. The zero-order valence-electron chi connectivity index (χ0n) is 26.2. The second-order valence-electron chi connectivity index (χ2n) is 12.5. The van der Waals surface area contributed by atoms with Crippen molar-refractivity contribution in [2.24, 2.45) is 0 Å². The van der Waals surface area contributed by atoms with E-state index in [1.807, 2.05) is 0 Å². The van der Waals surface area contributed by atoms with E-state index in [9.17, 15) is 0 Å². The number of aryl methyl sites for hydroxylation is 1. The molecule has 0 nitrogen and oxygen atoms in total. The second-order valence-corrected chi connectivity index (χ2v) is 12.5. The van der Waals surface area contributed by atoms with Crippen molar-refractivity contribution >= 4 is 43.1 Å². The summed E-state index contributed by atoms with van der Waals surface area (Å²) in [7, 11) is 0. The first-order valence-electron chi connectivity index (χ1n) is 16.4. The van der Waals surface area contributed by atoms with E-state index in [0.29, 0.717) is 0 Å². The molecule has 0 fully saturated rings. The van der Waals surface area contributed by atoms with Gasteiger partial charge >= 0.3 is 0 Å². The molecule has 9 aromatic carbocycles. The Kier molecular flexibility index (Phi) is 6.47. The summed E-state index contributed by atoms with van der Waals surface area (Å²) in [6, 6.07) is 64.6. The third kappa shape index (κ3) is 4.53. The fourth-order valence-corrected chi connectivity index (χ4v) is 7.55. The maximum absolute atomic E-state index is 2.33. The van der Waals surface area contributed by atoms with E-state index in [2.05, 4.69) is 183 Å². The fourth-order valence-electron chi connectivity index (χ4n) is 7.55. The first-order valence-corrected chi connectivity index (χ1v) is 16.4. The Hall–Kier alpha value is -5.98. The van der Waals surface area contributed by atoms with Gasteiger partial charge in [-0.2, -0.15) is 0 Å². The molecule has 0 aliphatic carbocycles. The topological polar surface area (TPSA) is 0 Å². The molecule has 0 N–H and O–H groups in total. The van der Waals surface area contributed by atoms with Gasteiger partial charge in [-0.15, -0.1) is 0 Å². The van der Waals surface area contributed by atoms with Crippen molar-refractivity contribution in [3.05, 3.63) is 181 Å². The Morgan fingerprint density at radius 3 is 1.11 bits per heavy atom. The van der Waals surface area contributed by atoms with Crippen LogP contribution < -0.4 is 0 Å². The van der Waals surface area contributed by atoms with Crippen molar-refractivity contribution in [3.8, 4) is 44.5 Å². The van der Waals surface area contributed by atoms with Gasteiger partial charge in [-0.25, -0.2) is 0 Å². The summed E-state index contributed by atoms with van der Waals surface area (Å²) in [4.78, 5) is 0. The highest BCUT2D eigenvalue weighted by atomic mass is 14.2. The van der Waals surface area contributed by atoms with E-state index in [4.69, 9.17) is 0 Å². The van der Waals surface area contributed by atoms with Gasteiger partial charge in [0, 0.05) is 0 Å². The highest BCUT2D eigenvalue weighted by Gasteiger charge is 2.15. The maximum atomic E-state index is 2.33. The van der Waals surface area contributed by atoms with Gasteiger partial charge in [0.1, 0.15) is 0 Å². The summed E-state index contributed by atoms with van der Waals surface area (Å²) in [5, 5.41) is 10.2. The third-order valence-electron chi connectivity index (χ3n) is 9.87. The summed E-state index contributed by atoms with van der Waals surface area (Å²) in [5.41, 5.74) is 11.4. The van der Waals surface area contributed by atoms with E-state index in [-0.39, 0.29) is 0 Å². The molecule has 0 heterocycles. The Morgan fingerprint density at radius 1 is 0.234 bits per heavy atom. The minimum Gasteiger partial charge on any atom is -0.0616 e. The number of fused-ring (bicyclic) bond motifs is 4. The average molecular weight is 597 g/mol. The molecular formula is C47H32. The monoisotopic (exact) mass is 596 g/mol. The summed E-state index contributed by atoms with van der Waals surface area (Å²) >= 11 is 0. The Morgan fingerprint density at radius 2 is 0.574 bits per heavy atom. The molecule has 0 aliphatic rings. The van der Waals surface area contributed by atoms with Crippen LogP contribution in [-0.4, -0.2) is 0 Å². The average Bonchev–Trinajstić information content (AvgIpc) is 3.14.